The van der Waals surface area contributed by atoms with Crippen LogP contribution < -0.4 is 0 Å². The number of hydrogen-bond donors (Lipinski definition) is 0. The van der Waals surface area contributed by atoms with Crippen molar-refractivity contribution < 1.29 is 4.39 Å². The fraction of sp³-hybridized carbons (Fsp3) is 0.429. The Labute approximate surface area is 105 Å². The first kappa shape index (κ1) is 11.2. The zero-order valence-corrected chi connectivity index (χ0v) is 10.8. The van der Waals surface area contributed by atoms with Crippen molar-refractivity contribution in [3.63, 3.8) is 0 Å². The van der Waals surface area contributed by atoms with Crippen LogP contribution in [0, 0.1) is 5.82 Å². The minimum absolute atomic E-state index is 0.0772. The molecule has 0 aliphatic carbocycles. The Bertz CT molecular complexity index is 526. The summed E-state index contributed by atoms with van der Waals surface area (Å²) in [6.07, 6.45) is 2.40. The summed E-state index contributed by atoms with van der Waals surface area (Å²) >= 11 is 1.64. The van der Waals surface area contributed by atoms with E-state index in [0.717, 1.165) is 23.2 Å². The Morgan fingerprint density at radius 2 is 2.06 bits per heavy atom. The molecule has 0 saturated carbocycles. The number of thiophene rings is 1. The molecule has 0 N–H and O–H groups in total. The largest absolute Gasteiger partial charge is 0.306 e. The van der Waals surface area contributed by atoms with Crippen molar-refractivity contribution in [1.29, 1.82) is 0 Å². The van der Waals surface area contributed by atoms with Crippen LogP contribution in [-0.2, 0) is 0 Å². The highest BCUT2D eigenvalue weighted by molar-refractivity contribution is 7.19. The van der Waals surface area contributed by atoms with Crippen LogP contribution in [0.3, 0.4) is 0 Å². The zero-order chi connectivity index (χ0) is 11.8. The molecule has 2 aromatic rings. The first-order valence-corrected chi connectivity index (χ1v) is 6.92. The van der Waals surface area contributed by atoms with Crippen LogP contribution in [0.5, 0.6) is 0 Å². The van der Waals surface area contributed by atoms with Crippen LogP contribution in [0.25, 0.3) is 10.1 Å². The predicted molar refractivity (Wildman–Crippen MR) is 71.3 cm³/mol. The van der Waals surface area contributed by atoms with E-state index in [0.29, 0.717) is 5.92 Å². The van der Waals surface area contributed by atoms with Crippen molar-refractivity contribution in [2.45, 2.75) is 18.8 Å². The summed E-state index contributed by atoms with van der Waals surface area (Å²) in [5, 5.41) is 1.06. The lowest BCUT2D eigenvalue weighted by molar-refractivity contribution is 0.257. The van der Waals surface area contributed by atoms with E-state index < -0.39 is 0 Å². The Hall–Kier alpha value is -0.930. The van der Waals surface area contributed by atoms with E-state index in [1.54, 1.807) is 23.5 Å². The van der Waals surface area contributed by atoms with Crippen molar-refractivity contribution in [3.05, 3.63) is 35.0 Å². The molecule has 0 amide bonds. The van der Waals surface area contributed by atoms with Gasteiger partial charge < -0.3 is 4.90 Å². The lowest BCUT2D eigenvalue weighted by Gasteiger charge is -2.28. The first-order valence-electron chi connectivity index (χ1n) is 6.10. The molecule has 90 valence electrons. The summed E-state index contributed by atoms with van der Waals surface area (Å²) in [4.78, 5) is 3.72. The van der Waals surface area contributed by atoms with E-state index in [2.05, 4.69) is 18.0 Å². The van der Waals surface area contributed by atoms with Gasteiger partial charge in [-0.15, -0.1) is 11.3 Å². The Balaban J connectivity index is 1.93. The monoisotopic (exact) mass is 249 g/mol. The van der Waals surface area contributed by atoms with E-state index in [1.165, 1.54) is 17.7 Å². The maximum Gasteiger partial charge on any atom is 0.140 e. The van der Waals surface area contributed by atoms with Crippen LogP contribution in [0.2, 0.25) is 0 Å². The fourth-order valence-corrected chi connectivity index (χ4v) is 3.78. The molecule has 0 atom stereocenters. The summed E-state index contributed by atoms with van der Waals surface area (Å²) in [5.74, 6) is 0.551. The molecule has 1 aromatic carbocycles. The molecule has 1 saturated heterocycles. The molecule has 1 aliphatic heterocycles. The molecule has 1 aromatic heterocycles. The molecule has 3 rings (SSSR count). The van der Waals surface area contributed by atoms with Gasteiger partial charge in [0.05, 0.1) is 4.70 Å². The van der Waals surface area contributed by atoms with Crippen molar-refractivity contribution in [3.8, 4) is 0 Å². The molecule has 0 unspecified atom stereocenters. The summed E-state index contributed by atoms with van der Waals surface area (Å²) in [6, 6.07) is 7.53. The molecule has 0 radical (unpaired) electrons. The molecule has 1 fully saturated rings. The highest BCUT2D eigenvalue weighted by atomic mass is 32.1. The number of rotatable bonds is 1. The van der Waals surface area contributed by atoms with E-state index in [4.69, 9.17) is 0 Å². The molecule has 2 heterocycles. The highest BCUT2D eigenvalue weighted by Crippen LogP contribution is 2.36. The molecule has 17 heavy (non-hydrogen) atoms. The maximum atomic E-state index is 13.6. The van der Waals surface area contributed by atoms with Crippen LogP contribution in [0.4, 0.5) is 4.39 Å². The number of fused-ring (bicyclic) bond motifs is 1. The number of nitrogens with zero attached hydrogens (tertiary/aromatic N) is 1. The molecular formula is C14H16FNS. The molecular weight excluding hydrogens is 233 g/mol. The second kappa shape index (κ2) is 4.39. The van der Waals surface area contributed by atoms with Gasteiger partial charge in [0.2, 0.25) is 0 Å². The average Bonchev–Trinajstić information content (AvgIpc) is 2.75. The van der Waals surface area contributed by atoms with Gasteiger partial charge in [0.25, 0.3) is 0 Å². The van der Waals surface area contributed by atoms with Gasteiger partial charge in [-0.25, -0.2) is 4.39 Å². The molecule has 1 nitrogen and oxygen atoms in total. The summed E-state index contributed by atoms with van der Waals surface area (Å²) in [7, 11) is 2.17. The zero-order valence-electron chi connectivity index (χ0n) is 9.95. The predicted octanol–water partition coefficient (Wildman–Crippen LogP) is 3.85. The number of piperidine rings is 1. The van der Waals surface area contributed by atoms with Crippen molar-refractivity contribution >= 4 is 21.4 Å². The number of benzene rings is 1. The van der Waals surface area contributed by atoms with Gasteiger partial charge in [-0.3, -0.25) is 0 Å². The smallest absolute Gasteiger partial charge is 0.140 e. The Morgan fingerprint density at radius 1 is 1.29 bits per heavy atom. The average molecular weight is 249 g/mol. The maximum absolute atomic E-state index is 13.6. The standard InChI is InChI=1S/C14H16FNS/c1-16-7-5-10(6-8-16)13-9-11-3-2-4-12(15)14(11)17-13/h2-4,9-10H,5-8H2,1H3. The Morgan fingerprint density at radius 3 is 2.76 bits per heavy atom. The minimum Gasteiger partial charge on any atom is -0.306 e. The van der Waals surface area contributed by atoms with Crippen molar-refractivity contribution in [1.82, 2.24) is 4.90 Å². The first-order chi connectivity index (χ1) is 8.24. The third-order valence-corrected chi connectivity index (χ3v) is 4.96. The Kier molecular flexibility index (Phi) is 2.89. The van der Waals surface area contributed by atoms with E-state index in [-0.39, 0.29) is 5.82 Å². The van der Waals surface area contributed by atoms with Gasteiger partial charge in [0.1, 0.15) is 5.82 Å². The SMILES string of the molecule is CN1CCC(c2cc3cccc(F)c3s2)CC1. The summed E-state index contributed by atoms with van der Waals surface area (Å²) in [5.41, 5.74) is 0. The normalized spacial score (nSPS) is 18.9. The van der Waals surface area contributed by atoms with E-state index in [9.17, 15) is 4.39 Å². The summed E-state index contributed by atoms with van der Waals surface area (Å²) in [6.45, 7) is 2.31. The highest BCUT2D eigenvalue weighted by Gasteiger charge is 2.20. The van der Waals surface area contributed by atoms with E-state index in [1.807, 2.05) is 6.07 Å². The van der Waals surface area contributed by atoms with Crippen LogP contribution >= 0.6 is 11.3 Å². The number of hydrogen-bond acceptors (Lipinski definition) is 2. The number of likely N-dealkylation sites (tertiary alicyclic amines) is 1. The topological polar surface area (TPSA) is 3.24 Å². The minimum atomic E-state index is -0.0772. The molecule has 0 spiro atoms. The van der Waals surface area contributed by atoms with Gasteiger partial charge >= 0.3 is 0 Å². The molecule has 0 bridgehead atoms. The van der Waals surface area contributed by atoms with Crippen LogP contribution in [0.15, 0.2) is 24.3 Å². The third-order valence-electron chi connectivity index (χ3n) is 3.64. The van der Waals surface area contributed by atoms with Gasteiger partial charge in [0, 0.05) is 4.88 Å². The van der Waals surface area contributed by atoms with Gasteiger partial charge in [0.15, 0.2) is 0 Å². The lowest BCUT2D eigenvalue weighted by Crippen LogP contribution is -2.28. The summed E-state index contributed by atoms with van der Waals surface area (Å²) < 4.78 is 14.5. The van der Waals surface area contributed by atoms with Crippen molar-refractivity contribution in [2.75, 3.05) is 20.1 Å². The second-order valence-corrected chi connectivity index (χ2v) is 5.97. The fourth-order valence-electron chi connectivity index (χ4n) is 2.54. The van der Waals surface area contributed by atoms with E-state index >= 15 is 0 Å². The van der Waals surface area contributed by atoms with Crippen molar-refractivity contribution in [2.24, 2.45) is 0 Å². The van der Waals surface area contributed by atoms with Crippen LogP contribution in [-0.4, -0.2) is 25.0 Å². The van der Waals surface area contributed by atoms with Gasteiger partial charge in [-0.05, 0) is 56.4 Å². The number of halogens is 1. The quantitative estimate of drug-likeness (QED) is 0.742. The molecule has 1 aliphatic rings. The van der Waals surface area contributed by atoms with Crippen LogP contribution in [0.1, 0.15) is 23.6 Å². The lowest BCUT2D eigenvalue weighted by atomic mass is 9.95. The second-order valence-electron chi connectivity index (χ2n) is 4.88. The molecule has 3 heteroatoms. The third kappa shape index (κ3) is 2.09. The van der Waals surface area contributed by atoms with Gasteiger partial charge in [-0.1, -0.05) is 12.1 Å². The van der Waals surface area contributed by atoms with Gasteiger partial charge in [-0.2, -0.15) is 0 Å².